The first-order valence-electron chi connectivity index (χ1n) is 22.2. The van der Waals surface area contributed by atoms with Crippen LogP contribution in [0, 0.1) is 0 Å². The standard InChI is InChI=1S/C61H49N/c1-59(2)50-25-12-9-21-44(50)46-32-29-40(36-54(46)59)39-18-15-19-41(35-39)62(42-31-33-47-45-22-10-13-26-51(45)60(3,4)55(47)37-42)56-28-14-11-23-48(56)49-24-16-27-52-58(49)57-43-20-8-7-17-38(43)30-34-53(57)61(52,5)6/h7-37H,1-6H3. The lowest BCUT2D eigenvalue weighted by molar-refractivity contribution is 0.660. The van der Waals surface area contributed by atoms with Crippen LogP contribution >= 0.6 is 0 Å². The summed E-state index contributed by atoms with van der Waals surface area (Å²) >= 11 is 0. The Labute approximate surface area is 366 Å². The van der Waals surface area contributed by atoms with Crippen LogP contribution in [-0.4, -0.2) is 0 Å². The highest BCUT2D eigenvalue weighted by molar-refractivity contribution is 6.08. The van der Waals surface area contributed by atoms with Gasteiger partial charge in [-0.2, -0.15) is 0 Å². The molecule has 0 heterocycles. The van der Waals surface area contributed by atoms with Crippen molar-refractivity contribution in [1.82, 2.24) is 0 Å². The number of anilines is 3. The van der Waals surface area contributed by atoms with Crippen LogP contribution in [0.1, 0.15) is 74.9 Å². The molecule has 0 N–H and O–H groups in total. The topological polar surface area (TPSA) is 3.24 Å². The molecule has 0 saturated heterocycles. The van der Waals surface area contributed by atoms with Crippen LogP contribution in [0.3, 0.4) is 0 Å². The zero-order valence-electron chi connectivity index (χ0n) is 36.3. The molecule has 0 bridgehead atoms. The average molecular weight is 796 g/mol. The molecule has 0 spiro atoms. The maximum Gasteiger partial charge on any atom is 0.0540 e. The van der Waals surface area contributed by atoms with E-state index in [1.807, 2.05) is 0 Å². The monoisotopic (exact) mass is 795 g/mol. The predicted molar refractivity (Wildman–Crippen MR) is 262 cm³/mol. The van der Waals surface area contributed by atoms with Gasteiger partial charge >= 0.3 is 0 Å². The maximum absolute atomic E-state index is 2.52. The summed E-state index contributed by atoms with van der Waals surface area (Å²) in [5.74, 6) is 0. The van der Waals surface area contributed by atoms with Crippen LogP contribution in [0.5, 0.6) is 0 Å². The number of rotatable bonds is 5. The van der Waals surface area contributed by atoms with Gasteiger partial charge in [0.1, 0.15) is 0 Å². The third-order valence-corrected chi connectivity index (χ3v) is 14.9. The van der Waals surface area contributed by atoms with Crippen molar-refractivity contribution < 1.29 is 0 Å². The third kappa shape index (κ3) is 5.09. The van der Waals surface area contributed by atoms with Crippen molar-refractivity contribution >= 4 is 27.8 Å². The maximum atomic E-state index is 2.52. The van der Waals surface area contributed by atoms with Crippen LogP contribution in [0.25, 0.3) is 66.4 Å². The number of hydrogen-bond acceptors (Lipinski definition) is 1. The molecule has 0 fully saturated rings. The van der Waals surface area contributed by atoms with Gasteiger partial charge in [-0.05, 0) is 131 Å². The molecule has 0 amide bonds. The Kier molecular flexibility index (Phi) is 7.74. The number of para-hydroxylation sites is 1. The Morgan fingerprint density at radius 2 is 0.823 bits per heavy atom. The number of benzene rings is 9. The quantitative estimate of drug-likeness (QED) is 0.168. The molecule has 62 heavy (non-hydrogen) atoms. The summed E-state index contributed by atoms with van der Waals surface area (Å²) in [6.45, 7) is 14.3. The molecule has 3 aliphatic carbocycles. The number of hydrogen-bond donors (Lipinski definition) is 0. The van der Waals surface area contributed by atoms with Gasteiger partial charge in [0.25, 0.3) is 0 Å². The molecule has 12 rings (SSSR count). The van der Waals surface area contributed by atoms with Gasteiger partial charge in [0.15, 0.2) is 0 Å². The summed E-state index contributed by atoms with van der Waals surface area (Å²) in [5.41, 5.74) is 24.4. The second-order valence-electron chi connectivity index (χ2n) is 19.3. The van der Waals surface area contributed by atoms with Gasteiger partial charge < -0.3 is 4.90 Å². The highest BCUT2D eigenvalue weighted by Crippen LogP contribution is 2.57. The summed E-state index contributed by atoms with van der Waals surface area (Å²) in [6, 6.07) is 71.0. The van der Waals surface area contributed by atoms with E-state index in [1.165, 1.54) is 99.8 Å². The average Bonchev–Trinajstić information content (AvgIpc) is 3.79. The first-order valence-corrected chi connectivity index (χ1v) is 22.2. The minimum Gasteiger partial charge on any atom is -0.310 e. The van der Waals surface area contributed by atoms with Gasteiger partial charge in [-0.3, -0.25) is 0 Å². The summed E-state index contributed by atoms with van der Waals surface area (Å²) in [4.78, 5) is 2.52. The summed E-state index contributed by atoms with van der Waals surface area (Å²) in [5, 5.41) is 2.59. The van der Waals surface area contributed by atoms with Gasteiger partial charge in [-0.1, -0.05) is 193 Å². The highest BCUT2D eigenvalue weighted by Gasteiger charge is 2.40. The highest BCUT2D eigenvalue weighted by atomic mass is 15.1. The van der Waals surface area contributed by atoms with Crippen LogP contribution in [-0.2, 0) is 16.2 Å². The molecule has 1 nitrogen and oxygen atoms in total. The van der Waals surface area contributed by atoms with E-state index in [0.717, 1.165) is 17.1 Å². The fourth-order valence-electron chi connectivity index (χ4n) is 11.6. The van der Waals surface area contributed by atoms with E-state index < -0.39 is 0 Å². The Morgan fingerprint density at radius 3 is 1.58 bits per heavy atom. The van der Waals surface area contributed by atoms with Crippen molar-refractivity contribution in [2.75, 3.05) is 4.90 Å². The lowest BCUT2D eigenvalue weighted by Gasteiger charge is -2.30. The summed E-state index contributed by atoms with van der Waals surface area (Å²) < 4.78 is 0. The molecule has 9 aromatic rings. The smallest absolute Gasteiger partial charge is 0.0540 e. The van der Waals surface area contributed by atoms with Crippen LogP contribution in [0.2, 0.25) is 0 Å². The fourth-order valence-corrected chi connectivity index (χ4v) is 11.6. The van der Waals surface area contributed by atoms with E-state index in [1.54, 1.807) is 0 Å². The lowest BCUT2D eigenvalue weighted by atomic mass is 9.81. The second-order valence-corrected chi connectivity index (χ2v) is 19.3. The Hall–Kier alpha value is -6.96. The predicted octanol–water partition coefficient (Wildman–Crippen LogP) is 16.6. The Morgan fingerprint density at radius 1 is 0.306 bits per heavy atom. The van der Waals surface area contributed by atoms with Gasteiger partial charge in [0, 0.05) is 33.2 Å². The number of fused-ring (bicyclic) bond motifs is 11. The van der Waals surface area contributed by atoms with E-state index >= 15 is 0 Å². The van der Waals surface area contributed by atoms with Gasteiger partial charge in [0.05, 0.1) is 5.69 Å². The van der Waals surface area contributed by atoms with Gasteiger partial charge in [-0.25, -0.2) is 0 Å². The third-order valence-electron chi connectivity index (χ3n) is 14.9. The van der Waals surface area contributed by atoms with E-state index in [9.17, 15) is 0 Å². The molecule has 0 aromatic heterocycles. The minimum absolute atomic E-state index is 0.0756. The van der Waals surface area contributed by atoms with Crippen LogP contribution in [0.4, 0.5) is 17.1 Å². The Bertz CT molecular complexity index is 3340. The normalized spacial score (nSPS) is 15.3. The van der Waals surface area contributed by atoms with Gasteiger partial charge in [0.2, 0.25) is 0 Å². The van der Waals surface area contributed by atoms with Crippen molar-refractivity contribution in [2.24, 2.45) is 0 Å². The first kappa shape index (κ1) is 36.9. The minimum atomic E-state index is -0.139. The molecule has 3 aliphatic rings. The molecule has 0 saturated carbocycles. The SMILES string of the molecule is CC1(C)c2ccccc2-c2ccc(-c3cccc(N(c4ccc5c(c4)C(C)(C)c4ccccc4-5)c4ccccc4-c4cccc5c4-c4c(ccc6ccccc46)C5(C)C)c3)cc21. The van der Waals surface area contributed by atoms with E-state index in [-0.39, 0.29) is 16.2 Å². The molecule has 0 atom stereocenters. The molecule has 0 aliphatic heterocycles. The summed E-state index contributed by atoms with van der Waals surface area (Å²) in [7, 11) is 0. The Balaban J connectivity index is 1.08. The zero-order valence-corrected chi connectivity index (χ0v) is 36.3. The number of nitrogens with zero attached hydrogens (tertiary/aromatic N) is 1. The lowest BCUT2D eigenvalue weighted by Crippen LogP contribution is -2.17. The second kappa shape index (κ2) is 13.0. The zero-order chi connectivity index (χ0) is 42.1. The van der Waals surface area contributed by atoms with Crippen molar-refractivity contribution in [3.63, 3.8) is 0 Å². The molecular formula is C61H49N. The van der Waals surface area contributed by atoms with E-state index in [4.69, 9.17) is 0 Å². The van der Waals surface area contributed by atoms with Crippen LogP contribution in [0.15, 0.2) is 188 Å². The van der Waals surface area contributed by atoms with Crippen molar-refractivity contribution in [3.05, 3.63) is 221 Å². The largest absolute Gasteiger partial charge is 0.310 e. The van der Waals surface area contributed by atoms with Crippen molar-refractivity contribution in [2.45, 2.75) is 57.8 Å². The fraction of sp³-hybridized carbons (Fsp3) is 0.148. The van der Waals surface area contributed by atoms with Crippen molar-refractivity contribution in [1.29, 1.82) is 0 Å². The molecule has 0 unspecified atom stereocenters. The molecular weight excluding hydrogens is 747 g/mol. The van der Waals surface area contributed by atoms with Crippen LogP contribution < -0.4 is 4.90 Å². The first-order chi connectivity index (χ1) is 30.0. The van der Waals surface area contributed by atoms with E-state index in [0.29, 0.717) is 0 Å². The molecule has 0 radical (unpaired) electrons. The molecule has 9 aromatic carbocycles. The van der Waals surface area contributed by atoms with Crippen molar-refractivity contribution in [3.8, 4) is 55.6 Å². The molecule has 298 valence electrons. The summed E-state index contributed by atoms with van der Waals surface area (Å²) in [6.07, 6.45) is 0. The van der Waals surface area contributed by atoms with E-state index in [2.05, 4.69) is 234 Å². The molecule has 1 heteroatoms. The van der Waals surface area contributed by atoms with Gasteiger partial charge in [-0.15, -0.1) is 0 Å².